The van der Waals surface area contributed by atoms with Crippen molar-refractivity contribution < 1.29 is 9.32 Å². The minimum absolute atomic E-state index is 0.115. The zero-order valence-corrected chi connectivity index (χ0v) is 16.3. The van der Waals surface area contributed by atoms with Gasteiger partial charge in [-0.25, -0.2) is 9.97 Å². The third-order valence-electron chi connectivity index (χ3n) is 5.19. The number of hydrogen-bond acceptors (Lipinski definition) is 6. The van der Waals surface area contributed by atoms with Gasteiger partial charge >= 0.3 is 0 Å². The number of amides is 1. The van der Waals surface area contributed by atoms with Crippen LogP contribution in [0.2, 0.25) is 0 Å². The second kappa shape index (κ2) is 7.82. The molecule has 0 saturated carbocycles. The van der Waals surface area contributed by atoms with E-state index in [0.717, 1.165) is 17.2 Å². The predicted octanol–water partition coefficient (Wildman–Crippen LogP) is 2.88. The Morgan fingerprint density at radius 2 is 1.60 bits per heavy atom. The van der Waals surface area contributed by atoms with Crippen molar-refractivity contribution >= 4 is 11.7 Å². The molecular weight excluding hydrogens is 380 g/mol. The van der Waals surface area contributed by atoms with E-state index in [1.54, 1.807) is 17.3 Å². The molecule has 150 valence electrons. The lowest BCUT2D eigenvalue weighted by Crippen LogP contribution is -2.49. The maximum absolute atomic E-state index is 12.9. The summed E-state index contributed by atoms with van der Waals surface area (Å²) in [5.41, 5.74) is 1.23. The highest BCUT2D eigenvalue weighted by Crippen LogP contribution is 2.21. The summed E-state index contributed by atoms with van der Waals surface area (Å²) in [4.78, 5) is 25.6. The zero-order chi connectivity index (χ0) is 20.3. The van der Waals surface area contributed by atoms with Crippen LogP contribution >= 0.6 is 0 Å². The highest BCUT2D eigenvalue weighted by Gasteiger charge is 2.25. The van der Waals surface area contributed by atoms with E-state index < -0.39 is 0 Å². The van der Waals surface area contributed by atoms with Crippen molar-refractivity contribution in [2.75, 3.05) is 31.1 Å². The molecule has 0 unspecified atom stereocenters. The SMILES string of the molecule is O=C(c1cc(-c2ccccc2)on1)N1CCN(c2cc(-n3cccc3)ncn2)CC1. The zero-order valence-electron chi connectivity index (χ0n) is 16.3. The standard InChI is InChI=1S/C22H20N6O2/c29-22(18-14-19(30-25-18)17-6-2-1-3-7-17)28-12-10-27(11-13-28)21-15-20(23-16-24-21)26-8-4-5-9-26/h1-9,14-16H,10-13H2. The van der Waals surface area contributed by atoms with Crippen LogP contribution in [-0.2, 0) is 0 Å². The van der Waals surface area contributed by atoms with Crippen molar-refractivity contribution in [2.45, 2.75) is 0 Å². The smallest absolute Gasteiger partial charge is 0.276 e. The number of benzene rings is 1. The van der Waals surface area contributed by atoms with Crippen molar-refractivity contribution in [3.05, 3.63) is 79.0 Å². The first-order chi connectivity index (χ1) is 14.8. The summed E-state index contributed by atoms with van der Waals surface area (Å²) in [7, 11) is 0. The average molecular weight is 400 g/mol. The Morgan fingerprint density at radius 1 is 0.867 bits per heavy atom. The van der Waals surface area contributed by atoms with E-state index in [0.29, 0.717) is 37.6 Å². The van der Waals surface area contributed by atoms with E-state index in [9.17, 15) is 4.79 Å². The molecule has 1 aliphatic heterocycles. The van der Waals surface area contributed by atoms with Crippen molar-refractivity contribution in [3.8, 4) is 17.1 Å². The van der Waals surface area contributed by atoms with Gasteiger partial charge in [0.25, 0.3) is 5.91 Å². The van der Waals surface area contributed by atoms with Gasteiger partial charge in [-0.2, -0.15) is 0 Å². The maximum Gasteiger partial charge on any atom is 0.276 e. The quantitative estimate of drug-likeness (QED) is 0.524. The Kier molecular flexibility index (Phi) is 4.72. The molecule has 0 spiro atoms. The van der Waals surface area contributed by atoms with E-state index in [4.69, 9.17) is 4.52 Å². The van der Waals surface area contributed by atoms with Crippen LogP contribution < -0.4 is 4.90 Å². The summed E-state index contributed by atoms with van der Waals surface area (Å²) in [6.45, 7) is 2.57. The summed E-state index contributed by atoms with van der Waals surface area (Å²) in [5.74, 6) is 2.15. The van der Waals surface area contributed by atoms with Crippen LogP contribution in [0.25, 0.3) is 17.1 Å². The van der Waals surface area contributed by atoms with Gasteiger partial charge in [0.15, 0.2) is 11.5 Å². The number of hydrogen-bond donors (Lipinski definition) is 0. The van der Waals surface area contributed by atoms with Crippen LogP contribution in [0.3, 0.4) is 0 Å². The Labute approximate surface area is 173 Å². The highest BCUT2D eigenvalue weighted by atomic mass is 16.5. The first-order valence-corrected chi connectivity index (χ1v) is 9.80. The second-order valence-corrected chi connectivity index (χ2v) is 7.05. The van der Waals surface area contributed by atoms with Crippen LogP contribution in [0.4, 0.5) is 5.82 Å². The number of rotatable bonds is 4. The van der Waals surface area contributed by atoms with E-state index in [2.05, 4.69) is 20.0 Å². The minimum atomic E-state index is -0.115. The Hall–Kier alpha value is -3.94. The van der Waals surface area contributed by atoms with Gasteiger partial charge in [0.2, 0.25) is 0 Å². The summed E-state index contributed by atoms with van der Waals surface area (Å²) in [6.07, 6.45) is 5.47. The van der Waals surface area contributed by atoms with E-state index in [1.165, 1.54) is 0 Å². The van der Waals surface area contributed by atoms with E-state index in [-0.39, 0.29) is 5.91 Å². The van der Waals surface area contributed by atoms with Gasteiger partial charge in [0, 0.05) is 56.3 Å². The third-order valence-corrected chi connectivity index (χ3v) is 5.19. The third kappa shape index (κ3) is 3.55. The summed E-state index contributed by atoms with van der Waals surface area (Å²) in [5, 5.41) is 3.98. The fourth-order valence-electron chi connectivity index (χ4n) is 3.55. The van der Waals surface area contributed by atoms with Gasteiger partial charge < -0.3 is 18.9 Å². The molecule has 1 amide bonds. The largest absolute Gasteiger partial charge is 0.355 e. The fourth-order valence-corrected chi connectivity index (χ4v) is 3.55. The lowest BCUT2D eigenvalue weighted by atomic mass is 10.1. The Balaban J connectivity index is 1.25. The first-order valence-electron chi connectivity index (χ1n) is 9.80. The number of piperazine rings is 1. The summed E-state index contributed by atoms with van der Waals surface area (Å²) in [6, 6.07) is 17.2. The van der Waals surface area contributed by atoms with Gasteiger partial charge in [-0.05, 0) is 12.1 Å². The van der Waals surface area contributed by atoms with Crippen molar-refractivity contribution in [3.63, 3.8) is 0 Å². The van der Waals surface area contributed by atoms with Crippen LogP contribution in [0.15, 0.2) is 77.8 Å². The van der Waals surface area contributed by atoms with Gasteiger partial charge in [-0.15, -0.1) is 0 Å². The Bertz CT molecular complexity index is 1130. The minimum Gasteiger partial charge on any atom is -0.355 e. The molecule has 1 fully saturated rings. The van der Waals surface area contributed by atoms with E-state index >= 15 is 0 Å². The molecule has 1 aliphatic rings. The predicted molar refractivity (Wildman–Crippen MR) is 111 cm³/mol. The van der Waals surface area contributed by atoms with Crippen molar-refractivity contribution in [1.29, 1.82) is 0 Å². The van der Waals surface area contributed by atoms with Crippen LogP contribution in [0.5, 0.6) is 0 Å². The molecule has 0 radical (unpaired) electrons. The van der Waals surface area contributed by atoms with Crippen molar-refractivity contribution in [1.82, 2.24) is 24.6 Å². The van der Waals surface area contributed by atoms with Gasteiger partial charge in [-0.3, -0.25) is 4.79 Å². The molecule has 8 heteroatoms. The second-order valence-electron chi connectivity index (χ2n) is 7.05. The Morgan fingerprint density at radius 3 is 2.37 bits per heavy atom. The molecule has 0 N–H and O–H groups in total. The maximum atomic E-state index is 12.9. The molecule has 4 heterocycles. The summed E-state index contributed by atoms with van der Waals surface area (Å²) < 4.78 is 7.32. The number of aromatic nitrogens is 4. The molecule has 3 aromatic heterocycles. The fraction of sp³-hybridized carbons (Fsp3) is 0.182. The molecule has 1 aromatic carbocycles. The topological polar surface area (TPSA) is 80.3 Å². The van der Waals surface area contributed by atoms with Gasteiger partial charge in [-0.1, -0.05) is 35.5 Å². The molecule has 0 bridgehead atoms. The lowest BCUT2D eigenvalue weighted by molar-refractivity contribution is 0.0736. The normalized spacial score (nSPS) is 14.1. The molecule has 0 atom stereocenters. The molecular formula is C22H20N6O2. The molecule has 1 saturated heterocycles. The van der Waals surface area contributed by atoms with Gasteiger partial charge in [0.1, 0.15) is 18.0 Å². The first kappa shape index (κ1) is 18.1. The van der Waals surface area contributed by atoms with Crippen LogP contribution in [-0.4, -0.2) is 56.7 Å². The molecule has 4 aromatic rings. The average Bonchev–Trinajstić information content (AvgIpc) is 3.52. The molecule has 8 nitrogen and oxygen atoms in total. The number of anilines is 1. The number of nitrogens with zero attached hydrogens (tertiary/aromatic N) is 6. The van der Waals surface area contributed by atoms with Crippen molar-refractivity contribution in [2.24, 2.45) is 0 Å². The summed E-state index contributed by atoms with van der Waals surface area (Å²) >= 11 is 0. The van der Waals surface area contributed by atoms with Crippen LogP contribution in [0.1, 0.15) is 10.5 Å². The van der Waals surface area contributed by atoms with Gasteiger partial charge in [0.05, 0.1) is 0 Å². The van der Waals surface area contributed by atoms with E-state index in [1.807, 2.05) is 65.5 Å². The number of carbonyl (C=O) groups is 1. The molecule has 30 heavy (non-hydrogen) atoms. The van der Waals surface area contributed by atoms with Crippen LogP contribution in [0, 0.1) is 0 Å². The molecule has 0 aliphatic carbocycles. The molecule has 5 rings (SSSR count). The lowest BCUT2D eigenvalue weighted by Gasteiger charge is -2.35. The highest BCUT2D eigenvalue weighted by molar-refractivity contribution is 5.93. The number of carbonyl (C=O) groups excluding carboxylic acids is 1. The monoisotopic (exact) mass is 400 g/mol.